The fraction of sp³-hybridized carbons (Fsp3) is 0.545. The molecule has 0 saturated heterocycles. The van der Waals surface area contributed by atoms with Crippen molar-refractivity contribution in [3.8, 4) is 0 Å². The van der Waals surface area contributed by atoms with E-state index in [4.69, 9.17) is 9.16 Å². The summed E-state index contributed by atoms with van der Waals surface area (Å²) in [5.74, 6) is -1.07. The molecule has 1 atom stereocenters. The highest BCUT2D eigenvalue weighted by Crippen LogP contribution is 2.37. The van der Waals surface area contributed by atoms with Gasteiger partial charge in [-0.15, -0.1) is 0 Å². The number of hydrogen-bond acceptors (Lipinski definition) is 4. The minimum Gasteiger partial charge on any atom is -0.462 e. The number of fused-ring (bicyclic) bond motifs is 1. The average molecular weight is 547 g/mol. The maximum Gasteiger partial charge on any atom is 0.343 e. The Morgan fingerprint density at radius 2 is 1.90 bits per heavy atom. The van der Waals surface area contributed by atoms with E-state index in [9.17, 15) is 14.0 Å². The van der Waals surface area contributed by atoms with Gasteiger partial charge in [0.2, 0.25) is 5.43 Å². The summed E-state index contributed by atoms with van der Waals surface area (Å²) in [6.07, 6.45) is 2.20. The first-order chi connectivity index (χ1) is 13.8. The zero-order valence-electron chi connectivity index (χ0n) is 18.8. The summed E-state index contributed by atoms with van der Waals surface area (Å²) in [5.41, 5.74) is -0.0352. The van der Waals surface area contributed by atoms with Gasteiger partial charge < -0.3 is 13.7 Å². The third kappa shape index (κ3) is 5.13. The van der Waals surface area contributed by atoms with Gasteiger partial charge >= 0.3 is 5.97 Å². The molecule has 2 rings (SSSR count). The molecule has 1 unspecified atom stereocenters. The smallest absolute Gasteiger partial charge is 0.343 e. The van der Waals surface area contributed by atoms with Crippen LogP contribution in [0.5, 0.6) is 0 Å². The Bertz CT molecular complexity index is 997. The molecular weight excluding hydrogens is 516 g/mol. The van der Waals surface area contributed by atoms with E-state index in [0.29, 0.717) is 27.5 Å². The predicted molar refractivity (Wildman–Crippen MR) is 129 cm³/mol. The molecule has 0 N–H and O–H groups in total. The fourth-order valence-electron chi connectivity index (χ4n) is 2.92. The van der Waals surface area contributed by atoms with Crippen molar-refractivity contribution in [2.24, 2.45) is 0 Å². The molecule has 0 bridgehead atoms. The van der Waals surface area contributed by atoms with E-state index in [1.807, 2.05) is 29.5 Å². The van der Waals surface area contributed by atoms with E-state index in [-0.39, 0.29) is 23.3 Å². The number of esters is 1. The first-order valence-electron chi connectivity index (χ1n) is 10.2. The lowest BCUT2D eigenvalue weighted by molar-refractivity contribution is 0.0523. The van der Waals surface area contributed by atoms with Crippen LogP contribution in [-0.2, 0) is 9.16 Å². The molecule has 0 aliphatic heterocycles. The largest absolute Gasteiger partial charge is 0.462 e. The predicted octanol–water partition coefficient (Wildman–Crippen LogP) is 5.89. The van der Waals surface area contributed by atoms with Gasteiger partial charge in [0.25, 0.3) is 0 Å². The molecule has 0 radical (unpaired) electrons. The minimum atomic E-state index is -2.01. The zero-order valence-corrected chi connectivity index (χ0v) is 21.9. The Labute approximate surface area is 192 Å². The van der Waals surface area contributed by atoms with Crippen molar-refractivity contribution >= 4 is 47.8 Å². The number of carbonyl (C=O) groups is 1. The molecule has 8 heteroatoms. The van der Waals surface area contributed by atoms with Gasteiger partial charge in [0.1, 0.15) is 11.4 Å². The second-order valence-corrected chi connectivity index (χ2v) is 14.9. The molecule has 1 aromatic heterocycles. The van der Waals surface area contributed by atoms with E-state index < -0.39 is 25.5 Å². The van der Waals surface area contributed by atoms with E-state index >= 15 is 0 Å². The summed E-state index contributed by atoms with van der Waals surface area (Å²) in [6.45, 7) is 15.2. The first kappa shape index (κ1) is 25.0. The van der Waals surface area contributed by atoms with E-state index in [2.05, 4.69) is 33.9 Å². The second-order valence-electron chi connectivity index (χ2n) is 8.92. The molecule has 1 heterocycles. The highest BCUT2D eigenvalue weighted by molar-refractivity contribution is 14.1. The third-order valence-electron chi connectivity index (χ3n) is 5.88. The summed E-state index contributed by atoms with van der Waals surface area (Å²) in [4.78, 5) is 25.4. The van der Waals surface area contributed by atoms with Crippen LogP contribution in [0.3, 0.4) is 0 Å². The molecule has 1 aromatic carbocycles. The number of benzene rings is 1. The molecule has 0 fully saturated rings. The van der Waals surface area contributed by atoms with Gasteiger partial charge in [-0.2, -0.15) is 0 Å². The molecule has 166 valence electrons. The Morgan fingerprint density at radius 3 is 2.43 bits per heavy atom. The standard InChI is InChI=1S/C22H31FINO4Si/c1-8-14(13-29-30(6,7)22(3,4)5)25-12-16(21(27)28-9-2)20(26)15-10-18(24)17(23)11-19(15)25/h10-12,14H,8-9,13H2,1-7H3. The van der Waals surface area contributed by atoms with Crippen molar-refractivity contribution in [3.05, 3.63) is 43.5 Å². The second kappa shape index (κ2) is 9.48. The van der Waals surface area contributed by atoms with Crippen LogP contribution < -0.4 is 5.43 Å². The number of pyridine rings is 1. The van der Waals surface area contributed by atoms with Crippen LogP contribution in [0.2, 0.25) is 18.1 Å². The van der Waals surface area contributed by atoms with Crippen LogP contribution in [-0.4, -0.2) is 32.1 Å². The molecule has 5 nitrogen and oxygen atoms in total. The van der Waals surface area contributed by atoms with Crippen molar-refractivity contribution < 1.29 is 18.3 Å². The van der Waals surface area contributed by atoms with E-state index in [0.717, 1.165) is 0 Å². The van der Waals surface area contributed by atoms with Crippen molar-refractivity contribution in [1.29, 1.82) is 0 Å². The molecule has 0 aliphatic carbocycles. The molecule has 0 amide bonds. The average Bonchev–Trinajstić information content (AvgIpc) is 2.64. The van der Waals surface area contributed by atoms with Gasteiger partial charge in [-0.25, -0.2) is 9.18 Å². The topological polar surface area (TPSA) is 57.5 Å². The van der Waals surface area contributed by atoms with Crippen molar-refractivity contribution in [2.45, 2.75) is 65.2 Å². The number of carbonyl (C=O) groups excluding carboxylic acids is 1. The Kier molecular flexibility index (Phi) is 7.90. The summed E-state index contributed by atoms with van der Waals surface area (Å²) < 4.78 is 28.0. The Hall–Kier alpha value is -1.26. The van der Waals surface area contributed by atoms with E-state index in [1.165, 1.54) is 18.3 Å². The summed E-state index contributed by atoms with van der Waals surface area (Å²) in [5, 5.41) is 0.354. The molecular formula is C22H31FINO4Si. The number of ether oxygens (including phenoxy) is 1. The van der Waals surface area contributed by atoms with Gasteiger partial charge in [0.15, 0.2) is 8.32 Å². The monoisotopic (exact) mass is 547 g/mol. The van der Waals surface area contributed by atoms with Crippen molar-refractivity contribution in [1.82, 2.24) is 4.57 Å². The van der Waals surface area contributed by atoms with Crippen LogP contribution in [0.15, 0.2) is 23.1 Å². The van der Waals surface area contributed by atoms with Gasteiger partial charge in [-0.3, -0.25) is 4.79 Å². The maximum absolute atomic E-state index is 14.4. The summed E-state index contributed by atoms with van der Waals surface area (Å²) >= 11 is 1.85. The number of halogens is 2. The van der Waals surface area contributed by atoms with Crippen molar-refractivity contribution in [3.63, 3.8) is 0 Å². The van der Waals surface area contributed by atoms with Gasteiger partial charge in [0.05, 0.1) is 24.8 Å². The van der Waals surface area contributed by atoms with Crippen LogP contribution in [0.4, 0.5) is 4.39 Å². The van der Waals surface area contributed by atoms with Crippen LogP contribution in [0.1, 0.15) is 57.4 Å². The number of aromatic nitrogens is 1. The van der Waals surface area contributed by atoms with Crippen LogP contribution in [0.25, 0.3) is 10.9 Å². The Balaban J connectivity index is 2.64. The summed E-state index contributed by atoms with van der Waals surface area (Å²) in [7, 11) is -2.01. The minimum absolute atomic E-state index is 0.0439. The van der Waals surface area contributed by atoms with Crippen LogP contribution in [0, 0.1) is 9.39 Å². The lowest BCUT2D eigenvalue weighted by atomic mass is 10.1. The first-order valence-corrected chi connectivity index (χ1v) is 14.2. The lowest BCUT2D eigenvalue weighted by Gasteiger charge is -2.37. The molecule has 30 heavy (non-hydrogen) atoms. The highest BCUT2D eigenvalue weighted by atomic mass is 127. The molecule has 0 spiro atoms. The Morgan fingerprint density at radius 1 is 1.27 bits per heavy atom. The van der Waals surface area contributed by atoms with Crippen molar-refractivity contribution in [2.75, 3.05) is 13.2 Å². The molecule has 2 aromatic rings. The van der Waals surface area contributed by atoms with Gasteiger partial charge in [-0.1, -0.05) is 27.7 Å². The van der Waals surface area contributed by atoms with E-state index in [1.54, 1.807) is 11.5 Å². The zero-order chi connectivity index (χ0) is 22.9. The normalized spacial score (nSPS) is 13.5. The third-order valence-corrected chi connectivity index (χ3v) is 11.2. The fourth-order valence-corrected chi connectivity index (χ4v) is 4.43. The molecule has 0 aliphatic rings. The van der Waals surface area contributed by atoms with Crippen LogP contribution >= 0.6 is 22.6 Å². The lowest BCUT2D eigenvalue weighted by Crippen LogP contribution is -2.42. The number of hydrogen-bond donors (Lipinski definition) is 0. The number of rotatable bonds is 7. The number of nitrogens with zero attached hydrogens (tertiary/aromatic N) is 1. The quantitative estimate of drug-likeness (QED) is 0.246. The van der Waals surface area contributed by atoms with Gasteiger partial charge in [-0.05, 0) is 66.2 Å². The molecule has 0 saturated carbocycles. The summed E-state index contributed by atoms with van der Waals surface area (Å²) in [6, 6.07) is 2.70. The van der Waals surface area contributed by atoms with Gasteiger partial charge in [0, 0.05) is 15.2 Å². The highest BCUT2D eigenvalue weighted by Gasteiger charge is 2.37. The SMILES string of the molecule is CCOC(=O)c1cn(C(CC)CO[Si](C)(C)C(C)(C)C)c2cc(F)c(I)cc2c1=O. The maximum atomic E-state index is 14.4.